The van der Waals surface area contributed by atoms with Gasteiger partial charge in [0.05, 0.1) is 19.4 Å². The zero-order chi connectivity index (χ0) is 40.4. The number of carboxylic acid groups (broad SMARTS) is 1. The first-order valence-electron chi connectivity index (χ1n) is 21.0. The number of hydrogen-bond donors (Lipinski definition) is 3. The van der Waals surface area contributed by atoms with Crippen LogP contribution in [0.15, 0.2) is 73.1 Å². The van der Waals surface area contributed by atoms with Gasteiger partial charge in [0.2, 0.25) is 0 Å². The monoisotopic (exact) mass is 784 g/mol. The lowest BCUT2D eigenvalue weighted by Gasteiger charge is -2.13. The van der Waals surface area contributed by atoms with Gasteiger partial charge in [-0.3, -0.25) is 19.6 Å². The number of aromatic nitrogens is 4. The molecule has 2 saturated carbocycles. The lowest BCUT2D eigenvalue weighted by atomic mass is 9.98. The van der Waals surface area contributed by atoms with Crippen molar-refractivity contribution in [2.24, 2.45) is 0 Å². The van der Waals surface area contributed by atoms with Gasteiger partial charge in [-0.1, -0.05) is 25.7 Å². The van der Waals surface area contributed by atoms with Crippen molar-refractivity contribution >= 4 is 33.7 Å². The van der Waals surface area contributed by atoms with E-state index in [1.165, 1.54) is 73.9 Å². The molecule has 6 aromatic rings. The van der Waals surface area contributed by atoms with E-state index in [4.69, 9.17) is 29.3 Å². The Hall–Kier alpha value is -5.64. The first-order valence-corrected chi connectivity index (χ1v) is 21.0. The lowest BCUT2D eigenvalue weighted by molar-refractivity contribution is -0.143. The number of hydrogen-bond acceptors (Lipinski definition) is 7. The third-order valence-electron chi connectivity index (χ3n) is 11.5. The van der Waals surface area contributed by atoms with Crippen molar-refractivity contribution in [3.8, 4) is 11.5 Å². The normalized spacial score (nSPS) is 14.5. The van der Waals surface area contributed by atoms with Crippen LogP contribution >= 0.6 is 0 Å². The Morgan fingerprint density at radius 2 is 1.14 bits per heavy atom. The standard InChI is InChI=1S/C25H30N2O3.C23H26N2O3/c1-3-29-24(28)11-8-21-13-20-14-22(9-10-23(20)27-21)30-16-18-12-17(2)25(26-15-18)19-6-4-5-7-19;1-15-10-16(13-24-23(15)17-4-2-3-5-17)14-28-20-7-8-21-18(12-20)11-19(25-21)6-9-22(26)27/h9-10,12-15,19,27H,3-8,11,16H2,1-2H3;7-8,10-13,17,25H,2-6,9,14H2,1H3,(H,26,27). The van der Waals surface area contributed by atoms with E-state index in [0.29, 0.717) is 50.9 Å². The Morgan fingerprint density at radius 1 is 0.672 bits per heavy atom. The summed E-state index contributed by atoms with van der Waals surface area (Å²) in [5.41, 5.74) is 11.2. The van der Waals surface area contributed by atoms with Crippen LogP contribution in [0.4, 0.5) is 0 Å². The summed E-state index contributed by atoms with van der Waals surface area (Å²) in [6, 6.07) is 20.4. The predicted octanol–water partition coefficient (Wildman–Crippen LogP) is 10.7. The molecule has 2 aliphatic carbocycles. The Morgan fingerprint density at radius 3 is 1.57 bits per heavy atom. The minimum absolute atomic E-state index is 0.124. The summed E-state index contributed by atoms with van der Waals surface area (Å²) in [5, 5.41) is 10.9. The van der Waals surface area contributed by atoms with Crippen molar-refractivity contribution in [1.29, 1.82) is 0 Å². The molecule has 2 aliphatic rings. The van der Waals surface area contributed by atoms with Crippen LogP contribution < -0.4 is 9.47 Å². The van der Waals surface area contributed by atoms with Crippen LogP contribution in [0.5, 0.6) is 11.5 Å². The molecule has 0 aliphatic heterocycles. The van der Waals surface area contributed by atoms with Crippen LogP contribution in [0.3, 0.4) is 0 Å². The number of aliphatic carboxylic acids is 1. The summed E-state index contributed by atoms with van der Waals surface area (Å²) in [6.45, 7) is 7.54. The molecule has 0 radical (unpaired) electrons. The number of esters is 1. The van der Waals surface area contributed by atoms with E-state index in [0.717, 1.165) is 55.8 Å². The zero-order valence-corrected chi connectivity index (χ0v) is 34.1. The van der Waals surface area contributed by atoms with Gasteiger partial charge in [-0.25, -0.2) is 0 Å². The molecule has 304 valence electrons. The van der Waals surface area contributed by atoms with Crippen molar-refractivity contribution in [3.63, 3.8) is 0 Å². The number of ether oxygens (including phenoxy) is 3. The molecule has 2 fully saturated rings. The van der Waals surface area contributed by atoms with Gasteiger partial charge in [-0.15, -0.1) is 0 Å². The fraction of sp³-hybridized carbons (Fsp3) is 0.417. The van der Waals surface area contributed by atoms with Crippen LogP contribution in [0.1, 0.15) is 128 Å². The molecule has 4 aromatic heterocycles. The van der Waals surface area contributed by atoms with E-state index in [1.54, 1.807) is 0 Å². The second-order valence-corrected chi connectivity index (χ2v) is 15.9. The molecular weight excluding hydrogens is 729 g/mol. The van der Waals surface area contributed by atoms with Gasteiger partial charge < -0.3 is 29.3 Å². The Kier molecular flexibility index (Phi) is 13.4. The minimum Gasteiger partial charge on any atom is -0.489 e. The Bertz CT molecular complexity index is 2330. The van der Waals surface area contributed by atoms with E-state index < -0.39 is 5.97 Å². The van der Waals surface area contributed by atoms with E-state index in [-0.39, 0.29) is 12.4 Å². The topological polar surface area (TPSA) is 139 Å². The second-order valence-electron chi connectivity index (χ2n) is 15.9. The van der Waals surface area contributed by atoms with Gasteiger partial charge in [0.1, 0.15) is 24.7 Å². The third-order valence-corrected chi connectivity index (χ3v) is 11.5. The average Bonchev–Trinajstić information content (AvgIpc) is 4.06. The number of benzene rings is 2. The fourth-order valence-electron chi connectivity index (χ4n) is 8.53. The van der Waals surface area contributed by atoms with Crippen LogP contribution in [-0.2, 0) is 40.4 Å². The number of H-pyrrole nitrogens is 2. The van der Waals surface area contributed by atoms with Gasteiger partial charge in [0, 0.05) is 79.9 Å². The number of carbonyl (C=O) groups is 2. The number of pyridine rings is 2. The molecule has 58 heavy (non-hydrogen) atoms. The van der Waals surface area contributed by atoms with Crippen molar-refractivity contribution in [1.82, 2.24) is 19.9 Å². The molecule has 2 aromatic carbocycles. The number of carboxylic acids is 1. The summed E-state index contributed by atoms with van der Waals surface area (Å²) in [5.74, 6) is 1.94. The zero-order valence-electron chi connectivity index (χ0n) is 34.1. The predicted molar refractivity (Wildman–Crippen MR) is 227 cm³/mol. The minimum atomic E-state index is -0.787. The fourth-order valence-corrected chi connectivity index (χ4v) is 8.53. The van der Waals surface area contributed by atoms with E-state index in [9.17, 15) is 9.59 Å². The summed E-state index contributed by atoms with van der Waals surface area (Å²) < 4.78 is 17.0. The molecular formula is C48H56N4O6. The molecule has 3 N–H and O–H groups in total. The number of aryl methyl sites for hydroxylation is 4. The average molecular weight is 785 g/mol. The molecule has 0 atom stereocenters. The van der Waals surface area contributed by atoms with Crippen molar-refractivity contribution < 1.29 is 28.9 Å². The Balaban J connectivity index is 0.000000177. The molecule has 4 heterocycles. The maximum Gasteiger partial charge on any atom is 0.306 e. The molecule has 0 spiro atoms. The summed E-state index contributed by atoms with van der Waals surface area (Å²) in [4.78, 5) is 38.4. The van der Waals surface area contributed by atoms with Crippen molar-refractivity contribution in [3.05, 3.63) is 118 Å². The highest BCUT2D eigenvalue weighted by molar-refractivity contribution is 5.83. The van der Waals surface area contributed by atoms with Crippen LogP contribution in [0.25, 0.3) is 21.8 Å². The van der Waals surface area contributed by atoms with E-state index in [2.05, 4.69) is 42.0 Å². The van der Waals surface area contributed by atoms with Gasteiger partial charge in [0.25, 0.3) is 0 Å². The van der Waals surface area contributed by atoms with Crippen LogP contribution in [0, 0.1) is 13.8 Å². The summed E-state index contributed by atoms with van der Waals surface area (Å²) in [7, 11) is 0. The highest BCUT2D eigenvalue weighted by atomic mass is 16.5. The largest absolute Gasteiger partial charge is 0.489 e. The second kappa shape index (κ2) is 19.2. The van der Waals surface area contributed by atoms with Gasteiger partial charge in [0.15, 0.2) is 0 Å². The first-order chi connectivity index (χ1) is 28.2. The van der Waals surface area contributed by atoms with Gasteiger partial charge >= 0.3 is 11.9 Å². The quantitative estimate of drug-likeness (QED) is 0.0875. The molecule has 0 amide bonds. The third kappa shape index (κ3) is 10.6. The van der Waals surface area contributed by atoms with Crippen molar-refractivity contribution in [2.45, 2.75) is 123 Å². The number of fused-ring (bicyclic) bond motifs is 2. The Labute approximate surface area is 340 Å². The highest BCUT2D eigenvalue weighted by Gasteiger charge is 2.21. The van der Waals surface area contributed by atoms with Gasteiger partial charge in [-0.05, 0) is 131 Å². The number of nitrogens with one attached hydrogen (secondary N) is 2. The van der Waals surface area contributed by atoms with E-state index >= 15 is 0 Å². The molecule has 8 rings (SSSR count). The molecule has 10 heteroatoms. The van der Waals surface area contributed by atoms with Crippen molar-refractivity contribution in [2.75, 3.05) is 6.61 Å². The number of aromatic amines is 2. The molecule has 10 nitrogen and oxygen atoms in total. The maximum absolute atomic E-state index is 11.6. The number of carbonyl (C=O) groups excluding carboxylic acids is 1. The SMILES string of the molecule is CCOC(=O)CCc1cc2cc(OCc3cnc(C4CCCC4)c(C)c3)ccc2[nH]1.Cc1cc(COc2ccc3[nH]c(CCC(=O)O)cc3c2)cnc1C1CCCC1. The maximum atomic E-state index is 11.6. The smallest absolute Gasteiger partial charge is 0.306 e. The lowest BCUT2D eigenvalue weighted by Crippen LogP contribution is -2.05. The molecule has 0 saturated heterocycles. The van der Waals surface area contributed by atoms with Crippen LogP contribution in [0.2, 0.25) is 0 Å². The number of nitrogens with zero attached hydrogens (tertiary/aromatic N) is 2. The van der Waals surface area contributed by atoms with Gasteiger partial charge in [-0.2, -0.15) is 0 Å². The summed E-state index contributed by atoms with van der Waals surface area (Å²) >= 11 is 0. The highest BCUT2D eigenvalue weighted by Crippen LogP contribution is 2.36. The molecule has 0 unspecified atom stereocenters. The molecule has 0 bridgehead atoms. The van der Waals surface area contributed by atoms with E-state index in [1.807, 2.05) is 61.8 Å². The summed E-state index contributed by atoms with van der Waals surface area (Å²) in [6.07, 6.45) is 15.9. The number of rotatable bonds is 15. The van der Waals surface area contributed by atoms with Crippen LogP contribution in [-0.4, -0.2) is 43.6 Å². The first kappa shape index (κ1) is 40.6.